The van der Waals surface area contributed by atoms with Gasteiger partial charge in [0.15, 0.2) is 0 Å². The average molecular weight is 185 g/mol. The second-order valence-corrected chi connectivity index (χ2v) is 5.03. The highest BCUT2D eigenvalue weighted by molar-refractivity contribution is 4.77. The van der Waals surface area contributed by atoms with Crippen LogP contribution in [0.15, 0.2) is 0 Å². The molecule has 2 heteroatoms. The van der Waals surface area contributed by atoms with E-state index in [-0.39, 0.29) is 0 Å². The molecule has 1 aliphatic heterocycles. The maximum Gasteiger partial charge on any atom is 0.0594 e. The van der Waals surface area contributed by atoms with Gasteiger partial charge in [-0.15, -0.1) is 0 Å². The van der Waals surface area contributed by atoms with Gasteiger partial charge in [-0.1, -0.05) is 27.7 Å². The van der Waals surface area contributed by atoms with Crippen molar-refractivity contribution in [2.24, 2.45) is 11.3 Å². The Labute approximate surface area is 82.3 Å². The van der Waals surface area contributed by atoms with Gasteiger partial charge in [-0.25, -0.2) is 0 Å². The number of morpholine rings is 1. The molecule has 0 aromatic rings. The van der Waals surface area contributed by atoms with Gasteiger partial charge in [-0.2, -0.15) is 0 Å². The third kappa shape index (κ3) is 3.28. The molecule has 0 aromatic carbocycles. The first-order valence-corrected chi connectivity index (χ1v) is 5.32. The molecule has 0 aliphatic carbocycles. The molecule has 0 atom stereocenters. The summed E-state index contributed by atoms with van der Waals surface area (Å²) in [5.41, 5.74) is 0.428. The van der Waals surface area contributed by atoms with Gasteiger partial charge >= 0.3 is 0 Å². The molecule has 78 valence electrons. The van der Waals surface area contributed by atoms with E-state index in [2.05, 4.69) is 32.6 Å². The quantitative estimate of drug-likeness (QED) is 0.667. The van der Waals surface area contributed by atoms with Gasteiger partial charge in [0.25, 0.3) is 0 Å². The first-order chi connectivity index (χ1) is 6.02. The van der Waals surface area contributed by atoms with Gasteiger partial charge < -0.3 is 4.74 Å². The summed E-state index contributed by atoms with van der Waals surface area (Å²) in [5, 5.41) is 0. The fraction of sp³-hybridized carbons (Fsp3) is 1.00. The Kier molecular flexibility index (Phi) is 3.74. The maximum atomic E-state index is 5.33. The molecule has 13 heavy (non-hydrogen) atoms. The number of ether oxygens (including phenoxy) is 1. The summed E-state index contributed by atoms with van der Waals surface area (Å²) in [6.07, 6.45) is 0. The highest BCUT2D eigenvalue weighted by Gasteiger charge is 2.25. The van der Waals surface area contributed by atoms with E-state index in [0.29, 0.717) is 5.41 Å². The Hall–Kier alpha value is -0.0800. The highest BCUT2D eigenvalue weighted by Crippen LogP contribution is 2.27. The number of rotatable bonds is 3. The molecule has 1 saturated heterocycles. The van der Waals surface area contributed by atoms with Crippen LogP contribution in [0.2, 0.25) is 0 Å². The van der Waals surface area contributed by atoms with Crippen molar-refractivity contribution in [2.75, 3.05) is 32.8 Å². The number of nitrogens with zero attached hydrogens (tertiary/aromatic N) is 1. The van der Waals surface area contributed by atoms with Gasteiger partial charge in [0.2, 0.25) is 0 Å². The lowest BCUT2D eigenvalue weighted by molar-refractivity contribution is 0.0137. The monoisotopic (exact) mass is 185 g/mol. The molecule has 0 unspecified atom stereocenters. The second kappa shape index (κ2) is 4.43. The predicted molar refractivity (Wildman–Crippen MR) is 55.9 cm³/mol. The van der Waals surface area contributed by atoms with Gasteiger partial charge in [0.1, 0.15) is 0 Å². The van der Waals surface area contributed by atoms with Crippen LogP contribution in [0, 0.1) is 11.3 Å². The van der Waals surface area contributed by atoms with Crippen LogP contribution in [0.1, 0.15) is 27.7 Å². The zero-order chi connectivity index (χ0) is 9.90. The Morgan fingerprint density at radius 1 is 1.23 bits per heavy atom. The summed E-state index contributed by atoms with van der Waals surface area (Å²) in [5.74, 6) is 0.746. The van der Waals surface area contributed by atoms with Crippen LogP contribution in [-0.2, 0) is 4.74 Å². The van der Waals surface area contributed by atoms with E-state index < -0.39 is 0 Å². The van der Waals surface area contributed by atoms with Crippen molar-refractivity contribution in [1.29, 1.82) is 0 Å². The molecule has 2 nitrogen and oxygen atoms in total. The van der Waals surface area contributed by atoms with Crippen LogP contribution in [0.4, 0.5) is 0 Å². The largest absolute Gasteiger partial charge is 0.379 e. The molecule has 0 N–H and O–H groups in total. The molecule has 1 aliphatic rings. The maximum absolute atomic E-state index is 5.33. The highest BCUT2D eigenvalue weighted by atomic mass is 16.5. The minimum absolute atomic E-state index is 0.428. The molecule has 0 saturated carbocycles. The molecule has 1 heterocycles. The van der Waals surface area contributed by atoms with Gasteiger partial charge in [0, 0.05) is 19.6 Å². The van der Waals surface area contributed by atoms with E-state index in [1.807, 2.05) is 0 Å². The van der Waals surface area contributed by atoms with Gasteiger partial charge in [-0.05, 0) is 11.3 Å². The summed E-state index contributed by atoms with van der Waals surface area (Å²) < 4.78 is 5.33. The summed E-state index contributed by atoms with van der Waals surface area (Å²) in [6.45, 7) is 14.6. The fourth-order valence-corrected chi connectivity index (χ4v) is 1.52. The number of hydrogen-bond acceptors (Lipinski definition) is 2. The second-order valence-electron chi connectivity index (χ2n) is 5.03. The third-order valence-electron chi connectivity index (χ3n) is 3.30. The van der Waals surface area contributed by atoms with E-state index in [1.54, 1.807) is 0 Å². The lowest BCUT2D eigenvalue weighted by Crippen LogP contribution is -2.43. The topological polar surface area (TPSA) is 12.5 Å². The first-order valence-electron chi connectivity index (χ1n) is 5.32. The lowest BCUT2D eigenvalue weighted by Gasteiger charge is -2.37. The molecular weight excluding hydrogens is 162 g/mol. The third-order valence-corrected chi connectivity index (χ3v) is 3.30. The van der Waals surface area contributed by atoms with Crippen molar-refractivity contribution in [1.82, 2.24) is 4.90 Å². The van der Waals surface area contributed by atoms with Crippen LogP contribution >= 0.6 is 0 Å². The lowest BCUT2D eigenvalue weighted by atomic mass is 9.80. The first kappa shape index (κ1) is 11.0. The van der Waals surface area contributed by atoms with E-state index in [0.717, 1.165) is 32.2 Å². The van der Waals surface area contributed by atoms with Crippen molar-refractivity contribution < 1.29 is 4.74 Å². The zero-order valence-electron chi connectivity index (χ0n) is 9.47. The van der Waals surface area contributed by atoms with Crippen LogP contribution in [-0.4, -0.2) is 37.7 Å². The zero-order valence-corrected chi connectivity index (χ0v) is 9.47. The van der Waals surface area contributed by atoms with Crippen LogP contribution < -0.4 is 0 Å². The molecule has 0 amide bonds. The average Bonchev–Trinajstić information content (AvgIpc) is 2.05. The molecule has 0 spiro atoms. The summed E-state index contributed by atoms with van der Waals surface area (Å²) in [7, 11) is 0. The minimum Gasteiger partial charge on any atom is -0.379 e. The molecule has 0 aromatic heterocycles. The fourth-order valence-electron chi connectivity index (χ4n) is 1.52. The van der Waals surface area contributed by atoms with E-state index in [4.69, 9.17) is 4.74 Å². The summed E-state index contributed by atoms with van der Waals surface area (Å²) in [6, 6.07) is 0. The molecule has 0 radical (unpaired) electrons. The van der Waals surface area contributed by atoms with Crippen LogP contribution in [0.5, 0.6) is 0 Å². The summed E-state index contributed by atoms with van der Waals surface area (Å²) in [4.78, 5) is 2.52. The molecule has 0 bridgehead atoms. The predicted octanol–water partition coefficient (Wildman–Crippen LogP) is 2.00. The molecule has 1 rings (SSSR count). The number of hydrogen-bond donors (Lipinski definition) is 0. The van der Waals surface area contributed by atoms with E-state index in [9.17, 15) is 0 Å². The SMILES string of the molecule is CC(C)C(C)(C)CN1CCOCC1. The molecular formula is C11H23NO. The Balaban J connectivity index is 2.37. The van der Waals surface area contributed by atoms with Crippen molar-refractivity contribution in [3.63, 3.8) is 0 Å². The standard InChI is InChI=1S/C11H23NO/c1-10(2)11(3,4)9-12-5-7-13-8-6-12/h10H,5-9H2,1-4H3. The summed E-state index contributed by atoms with van der Waals surface area (Å²) >= 11 is 0. The van der Waals surface area contributed by atoms with Gasteiger partial charge in [0.05, 0.1) is 13.2 Å². The van der Waals surface area contributed by atoms with Crippen molar-refractivity contribution in [3.05, 3.63) is 0 Å². The van der Waals surface area contributed by atoms with Crippen LogP contribution in [0.3, 0.4) is 0 Å². The van der Waals surface area contributed by atoms with E-state index in [1.165, 1.54) is 6.54 Å². The van der Waals surface area contributed by atoms with Gasteiger partial charge in [-0.3, -0.25) is 4.90 Å². The van der Waals surface area contributed by atoms with Crippen molar-refractivity contribution in [3.8, 4) is 0 Å². The minimum atomic E-state index is 0.428. The Morgan fingerprint density at radius 2 is 1.77 bits per heavy atom. The smallest absolute Gasteiger partial charge is 0.0594 e. The van der Waals surface area contributed by atoms with Crippen molar-refractivity contribution in [2.45, 2.75) is 27.7 Å². The van der Waals surface area contributed by atoms with Crippen LogP contribution in [0.25, 0.3) is 0 Å². The van der Waals surface area contributed by atoms with Crippen molar-refractivity contribution >= 4 is 0 Å². The Morgan fingerprint density at radius 3 is 2.23 bits per heavy atom. The van der Waals surface area contributed by atoms with E-state index >= 15 is 0 Å². The molecule has 1 fully saturated rings. The Bertz CT molecular complexity index is 148. The normalized spacial score (nSPS) is 21.0.